The number of ether oxygens (including phenoxy) is 1. The molecule has 2 aromatic carbocycles. The number of anilines is 1. The quantitative estimate of drug-likeness (QED) is 0.919. The zero-order chi connectivity index (χ0) is 14.5. The van der Waals surface area contributed by atoms with E-state index in [0.717, 1.165) is 22.6 Å². The Morgan fingerprint density at radius 1 is 1.05 bits per heavy atom. The van der Waals surface area contributed by atoms with Gasteiger partial charge in [0.25, 0.3) is 5.91 Å². The number of carbonyl (C=O) groups is 1. The molecule has 0 radical (unpaired) electrons. The number of carbonyl (C=O) groups excluding carboxylic acids is 1. The molecule has 2 aromatic rings. The van der Waals surface area contributed by atoms with Gasteiger partial charge in [-0.05, 0) is 50.1 Å². The van der Waals surface area contributed by atoms with Crippen LogP contribution in [0.3, 0.4) is 0 Å². The van der Waals surface area contributed by atoms with Crippen LogP contribution in [-0.2, 0) is 4.79 Å². The molecule has 0 aliphatic rings. The van der Waals surface area contributed by atoms with E-state index in [0.29, 0.717) is 0 Å². The zero-order valence-corrected chi connectivity index (χ0v) is 12.0. The van der Waals surface area contributed by atoms with Crippen molar-refractivity contribution >= 4 is 11.6 Å². The SMILES string of the molecule is Cc1cccc(OC(C)C(=O)Nc2ccccc2)c1C. The van der Waals surface area contributed by atoms with Gasteiger partial charge in [-0.15, -0.1) is 0 Å². The molecule has 0 fully saturated rings. The van der Waals surface area contributed by atoms with E-state index in [-0.39, 0.29) is 5.91 Å². The highest BCUT2D eigenvalue weighted by Gasteiger charge is 2.16. The van der Waals surface area contributed by atoms with E-state index >= 15 is 0 Å². The molecule has 2 rings (SSSR count). The van der Waals surface area contributed by atoms with E-state index in [1.807, 2.05) is 62.4 Å². The highest BCUT2D eigenvalue weighted by Crippen LogP contribution is 2.22. The molecule has 0 spiro atoms. The molecule has 1 unspecified atom stereocenters. The van der Waals surface area contributed by atoms with E-state index in [1.165, 1.54) is 0 Å². The maximum absolute atomic E-state index is 12.1. The summed E-state index contributed by atoms with van der Waals surface area (Å²) in [5.74, 6) is 0.595. The van der Waals surface area contributed by atoms with E-state index in [2.05, 4.69) is 5.32 Å². The topological polar surface area (TPSA) is 38.3 Å². The Labute approximate surface area is 119 Å². The standard InChI is InChI=1S/C17H19NO2/c1-12-8-7-11-16(13(12)2)20-14(3)17(19)18-15-9-5-4-6-10-15/h4-11,14H,1-3H3,(H,18,19). The summed E-state index contributed by atoms with van der Waals surface area (Å²) < 4.78 is 5.75. The van der Waals surface area contributed by atoms with Gasteiger partial charge in [0.15, 0.2) is 6.10 Å². The van der Waals surface area contributed by atoms with Gasteiger partial charge in [0.2, 0.25) is 0 Å². The normalized spacial score (nSPS) is 11.8. The fourth-order valence-electron chi connectivity index (χ4n) is 1.86. The zero-order valence-electron chi connectivity index (χ0n) is 12.0. The fourth-order valence-corrected chi connectivity index (χ4v) is 1.86. The van der Waals surface area contributed by atoms with Gasteiger partial charge in [-0.2, -0.15) is 0 Å². The number of aryl methyl sites for hydroxylation is 1. The third-order valence-corrected chi connectivity index (χ3v) is 3.27. The van der Waals surface area contributed by atoms with Gasteiger partial charge >= 0.3 is 0 Å². The van der Waals surface area contributed by atoms with Crippen molar-refractivity contribution in [3.05, 3.63) is 59.7 Å². The molecule has 0 aliphatic carbocycles. The predicted molar refractivity (Wildman–Crippen MR) is 81.1 cm³/mol. The van der Waals surface area contributed by atoms with Crippen LogP contribution in [0, 0.1) is 13.8 Å². The van der Waals surface area contributed by atoms with Gasteiger partial charge in [0.1, 0.15) is 5.75 Å². The molecule has 0 saturated carbocycles. The molecule has 104 valence electrons. The summed E-state index contributed by atoms with van der Waals surface area (Å²) in [6.45, 7) is 5.77. The fraction of sp³-hybridized carbons (Fsp3) is 0.235. The second-order valence-corrected chi connectivity index (χ2v) is 4.81. The average molecular weight is 269 g/mol. The van der Waals surface area contributed by atoms with Gasteiger partial charge in [-0.3, -0.25) is 4.79 Å². The van der Waals surface area contributed by atoms with E-state index in [9.17, 15) is 4.79 Å². The van der Waals surface area contributed by atoms with Crippen molar-refractivity contribution < 1.29 is 9.53 Å². The maximum Gasteiger partial charge on any atom is 0.265 e. The highest BCUT2D eigenvalue weighted by molar-refractivity contribution is 5.94. The molecule has 3 heteroatoms. The predicted octanol–water partition coefficient (Wildman–Crippen LogP) is 3.71. The van der Waals surface area contributed by atoms with Crippen LogP contribution in [0.25, 0.3) is 0 Å². The van der Waals surface area contributed by atoms with Gasteiger partial charge in [-0.25, -0.2) is 0 Å². The molecular weight excluding hydrogens is 250 g/mol. The smallest absolute Gasteiger partial charge is 0.265 e. The summed E-state index contributed by atoms with van der Waals surface area (Å²) in [7, 11) is 0. The summed E-state index contributed by atoms with van der Waals surface area (Å²) >= 11 is 0. The first-order chi connectivity index (χ1) is 9.58. The Bertz CT molecular complexity index is 593. The van der Waals surface area contributed by atoms with Crippen molar-refractivity contribution in [1.29, 1.82) is 0 Å². The monoisotopic (exact) mass is 269 g/mol. The Kier molecular flexibility index (Phi) is 4.41. The molecular formula is C17H19NO2. The summed E-state index contributed by atoms with van der Waals surface area (Å²) in [6, 6.07) is 15.2. The minimum atomic E-state index is -0.546. The van der Waals surface area contributed by atoms with Gasteiger partial charge in [0, 0.05) is 5.69 Å². The Hall–Kier alpha value is -2.29. The summed E-state index contributed by atoms with van der Waals surface area (Å²) in [4.78, 5) is 12.1. The summed E-state index contributed by atoms with van der Waals surface area (Å²) in [5, 5.41) is 2.83. The van der Waals surface area contributed by atoms with Gasteiger partial charge < -0.3 is 10.1 Å². The Balaban J connectivity index is 2.03. The molecule has 0 aliphatic heterocycles. The number of para-hydroxylation sites is 1. The lowest BCUT2D eigenvalue weighted by molar-refractivity contribution is -0.122. The molecule has 1 amide bonds. The molecule has 0 saturated heterocycles. The van der Waals surface area contributed by atoms with Crippen LogP contribution in [0.2, 0.25) is 0 Å². The van der Waals surface area contributed by atoms with Crippen molar-refractivity contribution in [1.82, 2.24) is 0 Å². The lowest BCUT2D eigenvalue weighted by Crippen LogP contribution is -2.30. The van der Waals surface area contributed by atoms with E-state index in [4.69, 9.17) is 4.74 Å². The van der Waals surface area contributed by atoms with Crippen LogP contribution in [0.15, 0.2) is 48.5 Å². The van der Waals surface area contributed by atoms with E-state index < -0.39 is 6.10 Å². The minimum absolute atomic E-state index is 0.155. The molecule has 0 heterocycles. The second kappa shape index (κ2) is 6.24. The third-order valence-electron chi connectivity index (χ3n) is 3.27. The maximum atomic E-state index is 12.1. The van der Waals surface area contributed by atoms with Crippen LogP contribution in [0.5, 0.6) is 5.75 Å². The van der Waals surface area contributed by atoms with Crippen molar-refractivity contribution in [2.45, 2.75) is 26.9 Å². The average Bonchev–Trinajstić information content (AvgIpc) is 2.45. The number of hydrogen-bond acceptors (Lipinski definition) is 2. The molecule has 20 heavy (non-hydrogen) atoms. The van der Waals surface area contributed by atoms with Gasteiger partial charge in [-0.1, -0.05) is 30.3 Å². The van der Waals surface area contributed by atoms with Crippen LogP contribution in [0.1, 0.15) is 18.1 Å². The first kappa shape index (κ1) is 14.1. The molecule has 3 nitrogen and oxygen atoms in total. The molecule has 1 atom stereocenters. The third kappa shape index (κ3) is 3.38. The number of rotatable bonds is 4. The lowest BCUT2D eigenvalue weighted by atomic mass is 10.1. The Morgan fingerprint density at radius 2 is 1.75 bits per heavy atom. The number of nitrogens with one attached hydrogen (secondary N) is 1. The molecule has 1 N–H and O–H groups in total. The van der Waals surface area contributed by atoms with Crippen LogP contribution in [0.4, 0.5) is 5.69 Å². The Morgan fingerprint density at radius 3 is 2.45 bits per heavy atom. The van der Waals surface area contributed by atoms with Crippen LogP contribution >= 0.6 is 0 Å². The van der Waals surface area contributed by atoms with Crippen molar-refractivity contribution in [3.8, 4) is 5.75 Å². The van der Waals surface area contributed by atoms with Crippen LogP contribution < -0.4 is 10.1 Å². The second-order valence-electron chi connectivity index (χ2n) is 4.81. The summed E-state index contributed by atoms with van der Waals surface area (Å²) in [6.07, 6.45) is -0.546. The van der Waals surface area contributed by atoms with Crippen molar-refractivity contribution in [2.24, 2.45) is 0 Å². The lowest BCUT2D eigenvalue weighted by Gasteiger charge is -2.17. The number of hydrogen-bond donors (Lipinski definition) is 1. The summed E-state index contributed by atoms with van der Waals surface area (Å²) in [5.41, 5.74) is 2.99. The van der Waals surface area contributed by atoms with E-state index in [1.54, 1.807) is 6.92 Å². The van der Waals surface area contributed by atoms with Crippen molar-refractivity contribution in [2.75, 3.05) is 5.32 Å². The number of benzene rings is 2. The van der Waals surface area contributed by atoms with Crippen molar-refractivity contribution in [3.63, 3.8) is 0 Å². The first-order valence-electron chi connectivity index (χ1n) is 6.66. The largest absolute Gasteiger partial charge is 0.481 e. The highest BCUT2D eigenvalue weighted by atomic mass is 16.5. The molecule has 0 bridgehead atoms. The van der Waals surface area contributed by atoms with Gasteiger partial charge in [0.05, 0.1) is 0 Å². The van der Waals surface area contributed by atoms with Crippen LogP contribution in [-0.4, -0.2) is 12.0 Å². The minimum Gasteiger partial charge on any atom is -0.481 e. The number of amides is 1. The first-order valence-corrected chi connectivity index (χ1v) is 6.66. The molecule has 0 aromatic heterocycles.